The Labute approximate surface area is 138 Å². The minimum atomic E-state index is -0.936. The van der Waals surface area contributed by atoms with E-state index in [1.807, 2.05) is 24.4 Å². The molecule has 2 rings (SSSR count). The van der Waals surface area contributed by atoms with Gasteiger partial charge in [-0.3, -0.25) is 14.5 Å². The third-order valence-corrected chi connectivity index (χ3v) is 4.00. The van der Waals surface area contributed by atoms with E-state index < -0.39 is 5.97 Å². The molecule has 0 bridgehead atoms. The molecule has 2 heterocycles. The first-order chi connectivity index (χ1) is 11.1. The van der Waals surface area contributed by atoms with Gasteiger partial charge in [-0.2, -0.15) is 5.10 Å². The van der Waals surface area contributed by atoms with Crippen LogP contribution in [-0.2, 0) is 16.1 Å². The molecule has 0 saturated carbocycles. The molecule has 23 heavy (non-hydrogen) atoms. The van der Waals surface area contributed by atoms with Crippen LogP contribution < -0.4 is 5.32 Å². The molecule has 0 saturated heterocycles. The summed E-state index contributed by atoms with van der Waals surface area (Å²) in [6.45, 7) is 3.01. The number of carboxylic acid groups (broad SMARTS) is 1. The zero-order valence-corrected chi connectivity index (χ0v) is 13.8. The second-order valence-electron chi connectivity index (χ2n) is 5.11. The maximum Gasteiger partial charge on any atom is 0.317 e. The number of amides is 1. The summed E-state index contributed by atoms with van der Waals surface area (Å²) in [7, 11) is 0. The van der Waals surface area contributed by atoms with Crippen LogP contribution in [0.3, 0.4) is 0 Å². The molecule has 2 aromatic heterocycles. The van der Waals surface area contributed by atoms with Crippen LogP contribution in [0.15, 0.2) is 29.8 Å². The monoisotopic (exact) mass is 336 g/mol. The number of nitrogens with one attached hydrogen (secondary N) is 1. The summed E-state index contributed by atoms with van der Waals surface area (Å²) in [5, 5.41) is 17.9. The van der Waals surface area contributed by atoms with Gasteiger partial charge in [-0.05, 0) is 24.4 Å². The van der Waals surface area contributed by atoms with Crippen molar-refractivity contribution in [3.8, 4) is 0 Å². The van der Waals surface area contributed by atoms with E-state index in [2.05, 4.69) is 10.4 Å². The van der Waals surface area contributed by atoms with Gasteiger partial charge in [0.05, 0.1) is 25.8 Å². The normalized spacial score (nSPS) is 10.9. The molecule has 0 unspecified atom stereocenters. The van der Waals surface area contributed by atoms with Crippen molar-refractivity contribution in [3.05, 3.63) is 34.7 Å². The van der Waals surface area contributed by atoms with Gasteiger partial charge in [-0.1, -0.05) is 13.0 Å². The largest absolute Gasteiger partial charge is 0.480 e. The van der Waals surface area contributed by atoms with Gasteiger partial charge in [-0.15, -0.1) is 11.3 Å². The fourth-order valence-electron chi connectivity index (χ4n) is 2.22. The fourth-order valence-corrected chi connectivity index (χ4v) is 2.91. The highest BCUT2D eigenvalue weighted by molar-refractivity contribution is 7.09. The molecule has 0 aromatic carbocycles. The molecule has 0 spiro atoms. The van der Waals surface area contributed by atoms with Gasteiger partial charge in [0.1, 0.15) is 5.82 Å². The van der Waals surface area contributed by atoms with E-state index in [0.29, 0.717) is 18.9 Å². The summed E-state index contributed by atoms with van der Waals surface area (Å²) in [4.78, 5) is 25.7. The lowest BCUT2D eigenvalue weighted by Gasteiger charge is -2.18. The van der Waals surface area contributed by atoms with E-state index in [4.69, 9.17) is 5.11 Å². The average molecular weight is 336 g/mol. The van der Waals surface area contributed by atoms with Gasteiger partial charge in [0, 0.05) is 10.9 Å². The van der Waals surface area contributed by atoms with Crippen LogP contribution in [0, 0.1) is 0 Å². The summed E-state index contributed by atoms with van der Waals surface area (Å²) >= 11 is 1.63. The third-order valence-electron chi connectivity index (χ3n) is 3.14. The van der Waals surface area contributed by atoms with Crippen molar-refractivity contribution in [2.24, 2.45) is 0 Å². The van der Waals surface area contributed by atoms with Gasteiger partial charge in [-0.25, -0.2) is 4.68 Å². The quantitative estimate of drug-likeness (QED) is 0.728. The number of carbonyl (C=O) groups is 2. The van der Waals surface area contributed by atoms with Crippen molar-refractivity contribution in [1.29, 1.82) is 0 Å². The summed E-state index contributed by atoms with van der Waals surface area (Å²) in [5.74, 6) is -0.572. The summed E-state index contributed by atoms with van der Waals surface area (Å²) in [6.07, 6.45) is 2.42. The Morgan fingerprint density at radius 1 is 1.39 bits per heavy atom. The number of carboxylic acids is 1. The third kappa shape index (κ3) is 5.50. The number of hydrogen-bond donors (Lipinski definition) is 2. The number of hydrogen-bond acceptors (Lipinski definition) is 5. The fraction of sp³-hybridized carbons (Fsp3) is 0.400. The van der Waals surface area contributed by atoms with Crippen LogP contribution in [0.25, 0.3) is 0 Å². The smallest absolute Gasteiger partial charge is 0.317 e. The Morgan fingerprint density at radius 3 is 2.87 bits per heavy atom. The van der Waals surface area contributed by atoms with E-state index in [1.54, 1.807) is 33.2 Å². The number of carbonyl (C=O) groups excluding carboxylic acids is 1. The van der Waals surface area contributed by atoms with Crippen LogP contribution in [0.4, 0.5) is 5.82 Å². The minimum Gasteiger partial charge on any atom is -0.480 e. The molecular formula is C15H20N4O3S. The molecule has 0 aliphatic heterocycles. The van der Waals surface area contributed by atoms with Crippen molar-refractivity contribution in [1.82, 2.24) is 14.7 Å². The maximum absolute atomic E-state index is 12.1. The first-order valence-electron chi connectivity index (χ1n) is 7.36. The predicted octanol–water partition coefficient (Wildman–Crippen LogP) is 1.73. The molecular weight excluding hydrogens is 316 g/mol. The number of rotatable bonds is 9. The predicted molar refractivity (Wildman–Crippen MR) is 88.6 cm³/mol. The molecule has 0 aliphatic rings. The van der Waals surface area contributed by atoms with E-state index in [1.165, 1.54) is 0 Å². The minimum absolute atomic E-state index is 0.0460. The Bertz CT molecular complexity index is 639. The summed E-state index contributed by atoms with van der Waals surface area (Å²) in [6, 6.07) is 5.71. The van der Waals surface area contributed by atoms with Crippen molar-refractivity contribution in [2.45, 2.75) is 19.9 Å². The molecule has 2 aromatic rings. The van der Waals surface area contributed by atoms with Crippen molar-refractivity contribution in [2.75, 3.05) is 25.0 Å². The van der Waals surface area contributed by atoms with Crippen LogP contribution in [0.2, 0.25) is 0 Å². The molecule has 7 nitrogen and oxygen atoms in total. The zero-order chi connectivity index (χ0) is 16.7. The number of thiophene rings is 1. The molecule has 0 radical (unpaired) electrons. The SMILES string of the molecule is CCCN(CC(=O)O)CC(=O)Nc1ccnn1Cc1cccs1. The van der Waals surface area contributed by atoms with Gasteiger partial charge in [0.15, 0.2) is 0 Å². The molecule has 0 fully saturated rings. The number of anilines is 1. The van der Waals surface area contributed by atoms with Crippen LogP contribution in [0.5, 0.6) is 0 Å². The zero-order valence-electron chi connectivity index (χ0n) is 12.9. The lowest BCUT2D eigenvalue weighted by molar-refractivity contribution is -0.138. The van der Waals surface area contributed by atoms with Crippen molar-refractivity contribution >= 4 is 29.0 Å². The Balaban J connectivity index is 1.94. The Morgan fingerprint density at radius 2 is 2.22 bits per heavy atom. The molecule has 0 aliphatic carbocycles. The van der Waals surface area contributed by atoms with Crippen LogP contribution >= 0.6 is 11.3 Å². The molecule has 0 atom stereocenters. The van der Waals surface area contributed by atoms with E-state index in [-0.39, 0.29) is 19.0 Å². The lowest BCUT2D eigenvalue weighted by atomic mass is 10.3. The van der Waals surface area contributed by atoms with Crippen molar-refractivity contribution in [3.63, 3.8) is 0 Å². The van der Waals surface area contributed by atoms with Gasteiger partial charge in [0.2, 0.25) is 5.91 Å². The Kier molecular flexibility index (Phi) is 6.30. The first-order valence-corrected chi connectivity index (χ1v) is 8.24. The molecule has 8 heteroatoms. The number of aliphatic carboxylic acids is 1. The Hall–Kier alpha value is -2.19. The summed E-state index contributed by atoms with van der Waals surface area (Å²) in [5.41, 5.74) is 0. The topological polar surface area (TPSA) is 87.5 Å². The highest BCUT2D eigenvalue weighted by Gasteiger charge is 2.15. The highest BCUT2D eigenvalue weighted by Crippen LogP contribution is 2.14. The molecule has 124 valence electrons. The highest BCUT2D eigenvalue weighted by atomic mass is 32.1. The van der Waals surface area contributed by atoms with Crippen LogP contribution in [0.1, 0.15) is 18.2 Å². The lowest BCUT2D eigenvalue weighted by Crippen LogP contribution is -2.37. The van der Waals surface area contributed by atoms with Gasteiger partial charge < -0.3 is 10.4 Å². The summed E-state index contributed by atoms with van der Waals surface area (Å²) < 4.78 is 1.71. The van der Waals surface area contributed by atoms with Gasteiger partial charge >= 0.3 is 5.97 Å². The maximum atomic E-state index is 12.1. The second-order valence-corrected chi connectivity index (χ2v) is 6.14. The molecule has 1 amide bonds. The van der Waals surface area contributed by atoms with Crippen LogP contribution in [-0.4, -0.2) is 51.3 Å². The van der Waals surface area contributed by atoms with Crippen molar-refractivity contribution < 1.29 is 14.7 Å². The van der Waals surface area contributed by atoms with E-state index >= 15 is 0 Å². The first kappa shape index (κ1) is 17.2. The van der Waals surface area contributed by atoms with E-state index in [0.717, 1.165) is 11.3 Å². The molecule has 2 N–H and O–H groups in total. The second kappa shape index (κ2) is 8.44. The average Bonchev–Trinajstić information content (AvgIpc) is 3.11. The standard InChI is InChI=1S/C15H20N4O3S/c1-2-7-18(11-15(21)22)10-14(20)17-13-5-6-16-19(13)9-12-4-3-8-23-12/h3-6,8H,2,7,9-11H2,1H3,(H,17,20)(H,21,22). The van der Waals surface area contributed by atoms with Gasteiger partial charge in [0.25, 0.3) is 0 Å². The number of aromatic nitrogens is 2. The van der Waals surface area contributed by atoms with E-state index in [9.17, 15) is 9.59 Å². The number of nitrogens with zero attached hydrogens (tertiary/aromatic N) is 3.